The summed E-state index contributed by atoms with van der Waals surface area (Å²) in [5.74, 6) is -0.279. The first kappa shape index (κ1) is 15.4. The van der Waals surface area contributed by atoms with E-state index in [1.165, 1.54) is 18.5 Å². The number of carbonyl (C=O) groups is 1. The molecule has 1 aromatic carbocycles. The van der Waals surface area contributed by atoms with Gasteiger partial charge in [0, 0.05) is 12.4 Å². The zero-order chi connectivity index (χ0) is 16.3. The van der Waals surface area contributed by atoms with Crippen molar-refractivity contribution in [2.45, 2.75) is 31.7 Å². The zero-order valence-electron chi connectivity index (χ0n) is 12.9. The lowest BCUT2D eigenvalue weighted by molar-refractivity contribution is 0.0525. The lowest BCUT2D eigenvalue weighted by atomic mass is 9.72. The number of ether oxygens (including phenoxy) is 1. The molecule has 1 aromatic heterocycles. The monoisotopic (exact) mass is 315 g/mol. The Morgan fingerprint density at radius 1 is 1.35 bits per heavy atom. The Labute approximate surface area is 133 Å². The molecule has 0 unspecified atom stereocenters. The second-order valence-electron chi connectivity index (χ2n) is 5.59. The Kier molecular flexibility index (Phi) is 4.23. The molecule has 2 aromatic rings. The van der Waals surface area contributed by atoms with E-state index in [9.17, 15) is 9.18 Å². The van der Waals surface area contributed by atoms with Crippen LogP contribution in [-0.4, -0.2) is 22.5 Å². The average molecular weight is 315 g/mol. The van der Waals surface area contributed by atoms with Crippen molar-refractivity contribution >= 4 is 11.9 Å². The van der Waals surface area contributed by atoms with Gasteiger partial charge in [-0.2, -0.15) is 0 Å². The SMILES string of the molecule is CCOC(=O)c1cnc(NC2(c3cccc(F)c3)CCC2)nc1. The first-order valence-electron chi connectivity index (χ1n) is 7.66. The normalized spacial score (nSPS) is 15.6. The maximum Gasteiger partial charge on any atom is 0.341 e. The van der Waals surface area contributed by atoms with E-state index < -0.39 is 5.97 Å². The summed E-state index contributed by atoms with van der Waals surface area (Å²) in [7, 11) is 0. The van der Waals surface area contributed by atoms with Crippen LogP contribution in [0.25, 0.3) is 0 Å². The van der Waals surface area contributed by atoms with Gasteiger partial charge in [0.05, 0.1) is 17.7 Å². The number of aromatic nitrogens is 2. The number of rotatable bonds is 5. The van der Waals surface area contributed by atoms with Gasteiger partial charge < -0.3 is 10.1 Å². The van der Waals surface area contributed by atoms with Crippen molar-refractivity contribution in [3.63, 3.8) is 0 Å². The summed E-state index contributed by atoms with van der Waals surface area (Å²) in [6.45, 7) is 2.05. The molecule has 0 aliphatic heterocycles. The molecule has 3 rings (SSSR count). The first-order chi connectivity index (χ1) is 11.1. The Hall–Kier alpha value is -2.50. The maximum atomic E-state index is 13.5. The van der Waals surface area contributed by atoms with Crippen LogP contribution in [0.1, 0.15) is 42.1 Å². The minimum atomic E-state index is -0.442. The molecule has 23 heavy (non-hydrogen) atoms. The van der Waals surface area contributed by atoms with Crippen LogP contribution in [0, 0.1) is 5.82 Å². The van der Waals surface area contributed by atoms with E-state index in [1.807, 2.05) is 6.07 Å². The lowest BCUT2D eigenvalue weighted by Crippen LogP contribution is -2.42. The minimum Gasteiger partial charge on any atom is -0.462 e. The van der Waals surface area contributed by atoms with Gasteiger partial charge in [-0.3, -0.25) is 0 Å². The van der Waals surface area contributed by atoms with Crippen LogP contribution in [0.3, 0.4) is 0 Å². The molecule has 1 fully saturated rings. The second kappa shape index (κ2) is 6.32. The molecule has 1 aliphatic carbocycles. The molecule has 1 saturated carbocycles. The average Bonchev–Trinajstić information content (AvgIpc) is 2.52. The van der Waals surface area contributed by atoms with Crippen LogP contribution in [-0.2, 0) is 10.3 Å². The summed E-state index contributed by atoms with van der Waals surface area (Å²) in [5, 5.41) is 3.29. The summed E-state index contributed by atoms with van der Waals surface area (Å²) in [4.78, 5) is 20.0. The van der Waals surface area contributed by atoms with Crippen LogP contribution >= 0.6 is 0 Å². The number of nitrogens with zero attached hydrogens (tertiary/aromatic N) is 2. The minimum absolute atomic E-state index is 0.255. The van der Waals surface area contributed by atoms with Crippen LogP contribution in [0.5, 0.6) is 0 Å². The van der Waals surface area contributed by atoms with Gasteiger partial charge in [-0.1, -0.05) is 12.1 Å². The van der Waals surface area contributed by atoms with Gasteiger partial charge >= 0.3 is 5.97 Å². The van der Waals surface area contributed by atoms with Gasteiger partial charge in [-0.25, -0.2) is 19.2 Å². The summed E-state index contributed by atoms with van der Waals surface area (Å²) in [6.07, 6.45) is 5.71. The standard InChI is InChI=1S/C17H18FN3O2/c1-2-23-15(22)12-10-19-16(20-11-12)21-17(7-4-8-17)13-5-3-6-14(18)9-13/h3,5-6,9-11H,2,4,7-8H2,1H3,(H,19,20,21). The smallest absolute Gasteiger partial charge is 0.341 e. The molecule has 0 radical (unpaired) electrons. The molecule has 1 N–H and O–H groups in total. The second-order valence-corrected chi connectivity index (χ2v) is 5.59. The molecule has 1 heterocycles. The maximum absolute atomic E-state index is 13.5. The van der Waals surface area contributed by atoms with Gasteiger partial charge in [-0.05, 0) is 43.9 Å². The largest absolute Gasteiger partial charge is 0.462 e. The molecule has 1 aliphatic rings. The highest BCUT2D eigenvalue weighted by Crippen LogP contribution is 2.43. The Balaban J connectivity index is 1.78. The number of hydrogen-bond donors (Lipinski definition) is 1. The predicted molar refractivity (Wildman–Crippen MR) is 83.5 cm³/mol. The first-order valence-corrected chi connectivity index (χ1v) is 7.66. The molecular formula is C17H18FN3O2. The van der Waals surface area contributed by atoms with Crippen LogP contribution in [0.4, 0.5) is 10.3 Å². The van der Waals surface area contributed by atoms with Crippen molar-refractivity contribution in [1.82, 2.24) is 9.97 Å². The van der Waals surface area contributed by atoms with Gasteiger partial charge in [0.1, 0.15) is 5.82 Å². The van der Waals surface area contributed by atoms with Gasteiger partial charge in [-0.15, -0.1) is 0 Å². The lowest BCUT2D eigenvalue weighted by Gasteiger charge is -2.43. The molecule has 0 amide bonds. The third-order valence-corrected chi connectivity index (χ3v) is 4.10. The molecule has 0 spiro atoms. The molecule has 6 heteroatoms. The van der Waals surface area contributed by atoms with Gasteiger partial charge in [0.15, 0.2) is 0 Å². The highest BCUT2D eigenvalue weighted by molar-refractivity contribution is 5.88. The van der Waals surface area contributed by atoms with Crippen molar-refractivity contribution in [2.24, 2.45) is 0 Å². The fourth-order valence-corrected chi connectivity index (χ4v) is 2.73. The fraction of sp³-hybridized carbons (Fsp3) is 0.353. The fourth-order valence-electron chi connectivity index (χ4n) is 2.73. The number of nitrogens with one attached hydrogen (secondary N) is 1. The third kappa shape index (κ3) is 3.16. The number of hydrogen-bond acceptors (Lipinski definition) is 5. The van der Waals surface area contributed by atoms with E-state index in [2.05, 4.69) is 15.3 Å². The van der Waals surface area contributed by atoms with Crippen molar-refractivity contribution < 1.29 is 13.9 Å². The third-order valence-electron chi connectivity index (χ3n) is 4.10. The summed E-state index contributed by atoms with van der Waals surface area (Å²) < 4.78 is 18.4. The van der Waals surface area contributed by atoms with Gasteiger partial charge in [0.2, 0.25) is 5.95 Å². The topological polar surface area (TPSA) is 64.1 Å². The molecular weight excluding hydrogens is 297 g/mol. The van der Waals surface area contributed by atoms with Crippen molar-refractivity contribution in [1.29, 1.82) is 0 Å². The molecule has 0 saturated heterocycles. The Morgan fingerprint density at radius 3 is 2.65 bits per heavy atom. The molecule has 120 valence electrons. The van der Waals surface area contributed by atoms with E-state index in [0.29, 0.717) is 18.1 Å². The van der Waals surface area contributed by atoms with E-state index >= 15 is 0 Å². The summed E-state index contributed by atoms with van der Waals surface area (Å²) in [6, 6.07) is 6.58. The highest BCUT2D eigenvalue weighted by Gasteiger charge is 2.39. The Morgan fingerprint density at radius 2 is 2.09 bits per heavy atom. The van der Waals surface area contributed by atoms with Crippen molar-refractivity contribution in [2.75, 3.05) is 11.9 Å². The van der Waals surface area contributed by atoms with Crippen molar-refractivity contribution in [3.05, 3.63) is 53.6 Å². The zero-order valence-corrected chi connectivity index (χ0v) is 12.9. The van der Waals surface area contributed by atoms with Crippen molar-refractivity contribution in [3.8, 4) is 0 Å². The molecule has 0 bridgehead atoms. The van der Waals surface area contributed by atoms with Crippen LogP contribution < -0.4 is 5.32 Å². The van der Waals surface area contributed by atoms with E-state index in [1.54, 1.807) is 19.1 Å². The number of benzene rings is 1. The van der Waals surface area contributed by atoms with E-state index in [-0.39, 0.29) is 11.4 Å². The number of esters is 1. The summed E-state index contributed by atoms with van der Waals surface area (Å²) >= 11 is 0. The number of anilines is 1. The highest BCUT2D eigenvalue weighted by atomic mass is 19.1. The molecule has 5 nitrogen and oxygen atoms in total. The quantitative estimate of drug-likeness (QED) is 0.858. The van der Waals surface area contributed by atoms with E-state index in [0.717, 1.165) is 24.8 Å². The number of halogens is 1. The Bertz CT molecular complexity index is 699. The van der Waals surface area contributed by atoms with Crippen LogP contribution in [0.2, 0.25) is 0 Å². The van der Waals surface area contributed by atoms with Crippen LogP contribution in [0.15, 0.2) is 36.7 Å². The summed E-state index contributed by atoms with van der Waals surface area (Å²) in [5.41, 5.74) is 0.862. The van der Waals surface area contributed by atoms with E-state index in [4.69, 9.17) is 4.74 Å². The molecule has 0 atom stereocenters. The number of carbonyl (C=O) groups excluding carboxylic acids is 1. The van der Waals surface area contributed by atoms with Gasteiger partial charge in [0.25, 0.3) is 0 Å². The predicted octanol–water partition coefficient (Wildman–Crippen LogP) is 3.28.